The fourth-order valence-corrected chi connectivity index (χ4v) is 1.000. The Hall–Kier alpha value is -1.52. The molecule has 5 nitrogen and oxygen atoms in total. The average Bonchev–Trinajstić information content (AvgIpc) is 2.55. The summed E-state index contributed by atoms with van der Waals surface area (Å²) in [5.41, 5.74) is 0. The number of aromatic amines is 1. The summed E-state index contributed by atoms with van der Waals surface area (Å²) >= 11 is 0. The number of H-pyrrole nitrogens is 1. The maximum absolute atomic E-state index is 10.6. The zero-order valence-corrected chi connectivity index (χ0v) is 5.70. The highest BCUT2D eigenvalue weighted by molar-refractivity contribution is 5.69. The van der Waals surface area contributed by atoms with E-state index in [0.717, 1.165) is 5.82 Å². The molecule has 1 aromatic heterocycles. The van der Waals surface area contributed by atoms with Crippen LogP contribution in [0.25, 0.3) is 0 Å². The first-order chi connectivity index (χ1) is 5.36. The molecule has 1 unspecified atom stereocenters. The van der Waals surface area contributed by atoms with E-state index in [9.17, 15) is 4.79 Å². The summed E-state index contributed by atoms with van der Waals surface area (Å²) in [5.74, 6) is 0.732. The third kappa shape index (κ3) is 1.04. The lowest BCUT2D eigenvalue weighted by molar-refractivity contribution is 0.176. The molecular formula is C6H7N3O2. The normalized spacial score (nSPS) is 22.9. The number of nitrogens with zero attached hydrogens (tertiary/aromatic N) is 1. The minimum Gasteiger partial charge on any atom is -0.447 e. The summed E-state index contributed by atoms with van der Waals surface area (Å²) in [7, 11) is 0. The molecule has 58 valence electrons. The summed E-state index contributed by atoms with van der Waals surface area (Å²) < 4.78 is 4.68. The zero-order chi connectivity index (χ0) is 7.68. The number of nitrogens with one attached hydrogen (secondary N) is 2. The molecule has 1 aliphatic heterocycles. The van der Waals surface area contributed by atoms with Crippen molar-refractivity contribution in [3.05, 3.63) is 18.2 Å². The van der Waals surface area contributed by atoms with Gasteiger partial charge < -0.3 is 15.0 Å². The summed E-state index contributed by atoms with van der Waals surface area (Å²) in [4.78, 5) is 17.4. The first kappa shape index (κ1) is 6.21. The summed E-state index contributed by atoms with van der Waals surface area (Å²) in [6.45, 7) is 0.354. The predicted octanol–water partition coefficient (Wildman–Crippen LogP) is 0.191. The lowest BCUT2D eigenvalue weighted by atomic mass is 10.3. The van der Waals surface area contributed by atoms with E-state index in [1.807, 2.05) is 0 Å². The predicted molar refractivity (Wildman–Crippen MR) is 35.8 cm³/mol. The molecule has 1 aromatic rings. The van der Waals surface area contributed by atoms with Crippen LogP contribution in [0.4, 0.5) is 4.79 Å². The highest BCUT2D eigenvalue weighted by Gasteiger charge is 2.25. The van der Waals surface area contributed by atoms with Gasteiger partial charge >= 0.3 is 6.09 Å². The summed E-state index contributed by atoms with van der Waals surface area (Å²) in [6.07, 6.45) is 2.96. The molecule has 2 rings (SSSR count). The third-order valence-electron chi connectivity index (χ3n) is 1.52. The fraction of sp³-hybridized carbons (Fsp3) is 0.333. The van der Waals surface area contributed by atoms with Crippen molar-refractivity contribution in [3.63, 3.8) is 0 Å². The Bertz CT molecular complexity index is 257. The molecule has 0 aromatic carbocycles. The van der Waals surface area contributed by atoms with E-state index < -0.39 is 0 Å². The van der Waals surface area contributed by atoms with Crippen LogP contribution < -0.4 is 5.32 Å². The number of ether oxygens (including phenoxy) is 1. The molecule has 1 saturated heterocycles. The second-order valence-corrected chi connectivity index (χ2v) is 2.27. The van der Waals surface area contributed by atoms with Gasteiger partial charge in [0.1, 0.15) is 18.5 Å². The number of cyclic esters (lactones) is 1. The largest absolute Gasteiger partial charge is 0.447 e. The van der Waals surface area contributed by atoms with Crippen molar-refractivity contribution >= 4 is 6.09 Å². The Kier molecular flexibility index (Phi) is 1.28. The van der Waals surface area contributed by atoms with Gasteiger partial charge in [-0.25, -0.2) is 9.78 Å². The number of carbonyl (C=O) groups excluding carboxylic acids is 1. The SMILES string of the molecule is O=C1NC(c2ncc[nH]2)CO1. The van der Waals surface area contributed by atoms with Crippen LogP contribution in [-0.4, -0.2) is 22.7 Å². The number of carbonyl (C=O) groups is 1. The molecule has 2 heterocycles. The first-order valence-corrected chi connectivity index (χ1v) is 3.29. The Morgan fingerprint density at radius 1 is 1.73 bits per heavy atom. The van der Waals surface area contributed by atoms with Crippen LogP contribution in [0.2, 0.25) is 0 Å². The molecule has 5 heteroatoms. The van der Waals surface area contributed by atoms with Gasteiger partial charge in [0.25, 0.3) is 0 Å². The second-order valence-electron chi connectivity index (χ2n) is 2.27. The van der Waals surface area contributed by atoms with Crippen molar-refractivity contribution in [2.45, 2.75) is 6.04 Å². The van der Waals surface area contributed by atoms with Gasteiger partial charge in [-0.3, -0.25) is 0 Å². The van der Waals surface area contributed by atoms with Crippen LogP contribution >= 0.6 is 0 Å². The number of imidazole rings is 1. The number of hydrogen-bond acceptors (Lipinski definition) is 3. The van der Waals surface area contributed by atoms with Gasteiger partial charge in [-0.15, -0.1) is 0 Å². The molecule has 0 aliphatic carbocycles. The third-order valence-corrected chi connectivity index (χ3v) is 1.52. The van der Waals surface area contributed by atoms with Gasteiger partial charge in [0.05, 0.1) is 0 Å². The van der Waals surface area contributed by atoms with Crippen molar-refractivity contribution in [1.82, 2.24) is 15.3 Å². The molecule has 11 heavy (non-hydrogen) atoms. The fourth-order valence-electron chi connectivity index (χ4n) is 1.000. The minimum absolute atomic E-state index is 0.113. The molecule has 0 saturated carbocycles. The van der Waals surface area contributed by atoms with E-state index in [1.165, 1.54) is 0 Å². The second kappa shape index (κ2) is 2.26. The Balaban J connectivity index is 2.13. The smallest absolute Gasteiger partial charge is 0.407 e. The molecule has 1 fully saturated rings. The quantitative estimate of drug-likeness (QED) is 0.605. The van der Waals surface area contributed by atoms with E-state index in [-0.39, 0.29) is 12.1 Å². The van der Waals surface area contributed by atoms with Crippen molar-refractivity contribution in [1.29, 1.82) is 0 Å². The minimum atomic E-state index is -0.383. The molecule has 0 spiro atoms. The van der Waals surface area contributed by atoms with Gasteiger partial charge in [-0.2, -0.15) is 0 Å². The number of amides is 1. The molecule has 0 bridgehead atoms. The molecule has 1 aliphatic rings. The van der Waals surface area contributed by atoms with Gasteiger partial charge in [0.2, 0.25) is 0 Å². The number of aromatic nitrogens is 2. The van der Waals surface area contributed by atoms with Gasteiger partial charge in [-0.05, 0) is 0 Å². The van der Waals surface area contributed by atoms with E-state index >= 15 is 0 Å². The van der Waals surface area contributed by atoms with E-state index in [1.54, 1.807) is 12.4 Å². The molecule has 1 amide bonds. The van der Waals surface area contributed by atoms with Crippen LogP contribution in [0.1, 0.15) is 11.9 Å². The zero-order valence-electron chi connectivity index (χ0n) is 5.70. The summed E-state index contributed by atoms with van der Waals surface area (Å²) in [6, 6.07) is -0.113. The lowest BCUT2D eigenvalue weighted by Gasteiger charge is -2.00. The van der Waals surface area contributed by atoms with Crippen molar-refractivity contribution in [3.8, 4) is 0 Å². The van der Waals surface area contributed by atoms with Crippen LogP contribution in [0.5, 0.6) is 0 Å². The Labute approximate surface area is 62.8 Å². The number of hydrogen-bond donors (Lipinski definition) is 2. The van der Waals surface area contributed by atoms with Crippen molar-refractivity contribution in [2.75, 3.05) is 6.61 Å². The van der Waals surface area contributed by atoms with Crippen LogP contribution in [0.3, 0.4) is 0 Å². The maximum atomic E-state index is 10.6. The van der Waals surface area contributed by atoms with Crippen molar-refractivity contribution < 1.29 is 9.53 Å². The molecular weight excluding hydrogens is 146 g/mol. The van der Waals surface area contributed by atoms with Gasteiger partial charge in [-0.1, -0.05) is 0 Å². The topological polar surface area (TPSA) is 67.0 Å². The monoisotopic (exact) mass is 153 g/mol. The van der Waals surface area contributed by atoms with E-state index in [2.05, 4.69) is 20.0 Å². The van der Waals surface area contributed by atoms with Crippen LogP contribution in [0.15, 0.2) is 12.4 Å². The molecule has 1 atom stereocenters. The standard InChI is InChI=1S/C6H7N3O2/c10-6-9-4(3-11-6)5-7-1-2-8-5/h1-2,4H,3H2,(H,7,8)(H,9,10). The van der Waals surface area contributed by atoms with Gasteiger partial charge in [0, 0.05) is 12.4 Å². The first-order valence-electron chi connectivity index (χ1n) is 3.29. The van der Waals surface area contributed by atoms with E-state index in [4.69, 9.17) is 0 Å². The number of rotatable bonds is 1. The lowest BCUT2D eigenvalue weighted by Crippen LogP contribution is -2.19. The summed E-state index contributed by atoms with van der Waals surface area (Å²) in [5, 5.41) is 2.60. The Morgan fingerprint density at radius 3 is 3.18 bits per heavy atom. The highest BCUT2D eigenvalue weighted by atomic mass is 16.6. The highest BCUT2D eigenvalue weighted by Crippen LogP contribution is 2.12. The molecule has 0 radical (unpaired) electrons. The maximum Gasteiger partial charge on any atom is 0.407 e. The van der Waals surface area contributed by atoms with Crippen LogP contribution in [-0.2, 0) is 4.74 Å². The average molecular weight is 153 g/mol. The van der Waals surface area contributed by atoms with E-state index in [0.29, 0.717) is 6.61 Å². The number of alkyl carbamates (subject to hydrolysis) is 1. The van der Waals surface area contributed by atoms with Crippen molar-refractivity contribution in [2.24, 2.45) is 0 Å². The molecule has 2 N–H and O–H groups in total. The van der Waals surface area contributed by atoms with Gasteiger partial charge in [0.15, 0.2) is 0 Å². The van der Waals surface area contributed by atoms with Crippen LogP contribution in [0, 0.1) is 0 Å². The Morgan fingerprint density at radius 2 is 2.64 bits per heavy atom.